The van der Waals surface area contributed by atoms with Gasteiger partial charge in [0.1, 0.15) is 0 Å². The third kappa shape index (κ3) is 6.80. The van der Waals surface area contributed by atoms with Gasteiger partial charge in [0.05, 0.1) is 0 Å². The van der Waals surface area contributed by atoms with Gasteiger partial charge in [-0.1, -0.05) is 63.3 Å². The Morgan fingerprint density at radius 1 is 0.889 bits per heavy atom. The summed E-state index contributed by atoms with van der Waals surface area (Å²) >= 11 is 0. The van der Waals surface area contributed by atoms with E-state index in [2.05, 4.69) is 43.4 Å². The lowest BCUT2D eigenvalue weighted by atomic mass is 10.1. The number of hydrogen-bond donors (Lipinski definition) is 1. The van der Waals surface area contributed by atoms with E-state index in [9.17, 15) is 0 Å². The van der Waals surface area contributed by atoms with Gasteiger partial charge in [-0.05, 0) is 44.0 Å². The fourth-order valence-electron chi connectivity index (χ4n) is 2.27. The van der Waals surface area contributed by atoms with Crippen LogP contribution in [0.15, 0.2) is 24.3 Å². The number of rotatable bonds is 10. The zero-order chi connectivity index (χ0) is 13.1. The predicted octanol–water partition coefficient (Wildman–Crippen LogP) is 4.49. The van der Waals surface area contributed by atoms with Gasteiger partial charge in [-0.15, -0.1) is 0 Å². The smallest absolute Gasteiger partial charge is 0.000825 e. The molecule has 0 fully saturated rings. The first-order valence-electron chi connectivity index (χ1n) is 7.60. The van der Waals surface area contributed by atoms with E-state index < -0.39 is 0 Å². The number of benzene rings is 1. The summed E-state index contributed by atoms with van der Waals surface area (Å²) in [5, 5.41) is 3.55. The summed E-state index contributed by atoms with van der Waals surface area (Å²) in [7, 11) is 0. The lowest BCUT2D eigenvalue weighted by Gasteiger charge is -2.07. The monoisotopic (exact) mass is 247 g/mol. The Hall–Kier alpha value is -0.820. The Labute approximate surface area is 113 Å². The zero-order valence-corrected chi connectivity index (χ0v) is 12.2. The van der Waals surface area contributed by atoms with Crippen LogP contribution in [0.3, 0.4) is 0 Å². The van der Waals surface area contributed by atoms with Crippen LogP contribution in [0, 0.1) is 6.92 Å². The summed E-state index contributed by atoms with van der Waals surface area (Å²) in [6.07, 6.45) is 9.44. The maximum Gasteiger partial charge on any atom is -0.000825 e. The van der Waals surface area contributed by atoms with Crippen molar-refractivity contribution < 1.29 is 0 Å². The van der Waals surface area contributed by atoms with Gasteiger partial charge in [0.2, 0.25) is 0 Å². The Balaban J connectivity index is 1.94. The van der Waals surface area contributed by atoms with Crippen LogP contribution in [0.2, 0.25) is 0 Å². The van der Waals surface area contributed by atoms with Crippen molar-refractivity contribution in [3.63, 3.8) is 0 Å². The molecule has 0 saturated carbocycles. The van der Waals surface area contributed by atoms with E-state index in [-0.39, 0.29) is 0 Å². The average Bonchev–Trinajstić information content (AvgIpc) is 2.39. The first kappa shape index (κ1) is 15.2. The molecule has 0 aliphatic carbocycles. The molecule has 1 aromatic rings. The summed E-state index contributed by atoms with van der Waals surface area (Å²) in [6, 6.07) is 8.68. The molecule has 1 rings (SSSR count). The van der Waals surface area contributed by atoms with E-state index >= 15 is 0 Å². The maximum absolute atomic E-state index is 3.55. The van der Waals surface area contributed by atoms with Crippen LogP contribution in [0.4, 0.5) is 0 Å². The second-order valence-electron chi connectivity index (χ2n) is 5.19. The topological polar surface area (TPSA) is 12.0 Å². The van der Waals surface area contributed by atoms with Crippen LogP contribution in [0.5, 0.6) is 0 Å². The number of nitrogens with one attached hydrogen (secondary N) is 1. The predicted molar refractivity (Wildman–Crippen MR) is 81.1 cm³/mol. The first-order chi connectivity index (χ1) is 8.84. The van der Waals surface area contributed by atoms with Crippen LogP contribution in [0.1, 0.15) is 56.6 Å². The van der Waals surface area contributed by atoms with Crippen molar-refractivity contribution in [3.8, 4) is 0 Å². The van der Waals surface area contributed by atoms with Crippen LogP contribution in [-0.2, 0) is 6.42 Å². The maximum atomic E-state index is 3.55. The molecule has 0 unspecified atom stereocenters. The zero-order valence-electron chi connectivity index (χ0n) is 12.2. The minimum absolute atomic E-state index is 1.11. The van der Waals surface area contributed by atoms with Gasteiger partial charge in [0.15, 0.2) is 0 Å². The fraction of sp³-hybridized carbons (Fsp3) is 0.647. The summed E-state index contributed by atoms with van der Waals surface area (Å²) in [6.45, 7) is 6.76. The van der Waals surface area contributed by atoms with Crippen molar-refractivity contribution >= 4 is 0 Å². The Morgan fingerprint density at radius 3 is 2.39 bits per heavy atom. The van der Waals surface area contributed by atoms with Gasteiger partial charge in [0.25, 0.3) is 0 Å². The van der Waals surface area contributed by atoms with E-state index in [1.54, 1.807) is 0 Å². The third-order valence-corrected chi connectivity index (χ3v) is 3.54. The molecule has 1 N–H and O–H groups in total. The summed E-state index contributed by atoms with van der Waals surface area (Å²) in [5.41, 5.74) is 2.90. The molecule has 0 aliphatic rings. The lowest BCUT2D eigenvalue weighted by Crippen LogP contribution is -2.18. The largest absolute Gasteiger partial charge is 0.316 e. The lowest BCUT2D eigenvalue weighted by molar-refractivity contribution is 0.572. The van der Waals surface area contributed by atoms with Crippen LogP contribution >= 0.6 is 0 Å². The van der Waals surface area contributed by atoms with Gasteiger partial charge < -0.3 is 5.32 Å². The molecule has 1 aromatic carbocycles. The van der Waals surface area contributed by atoms with E-state index in [0.717, 1.165) is 13.0 Å². The van der Waals surface area contributed by atoms with E-state index in [0.29, 0.717) is 0 Å². The quantitative estimate of drug-likeness (QED) is 0.601. The van der Waals surface area contributed by atoms with Crippen molar-refractivity contribution in [2.24, 2.45) is 0 Å². The second kappa shape index (κ2) is 10.1. The number of aryl methyl sites for hydroxylation is 1. The van der Waals surface area contributed by atoms with Gasteiger partial charge in [-0.3, -0.25) is 0 Å². The second-order valence-corrected chi connectivity index (χ2v) is 5.19. The van der Waals surface area contributed by atoms with Gasteiger partial charge in [-0.2, -0.15) is 0 Å². The van der Waals surface area contributed by atoms with Gasteiger partial charge in [-0.25, -0.2) is 0 Å². The van der Waals surface area contributed by atoms with Crippen molar-refractivity contribution in [3.05, 3.63) is 35.4 Å². The molecular formula is C17H29N. The molecule has 0 aromatic heterocycles. The Bertz CT molecular complexity index is 306. The van der Waals surface area contributed by atoms with Crippen molar-refractivity contribution in [1.82, 2.24) is 5.32 Å². The van der Waals surface area contributed by atoms with E-state index in [1.165, 1.54) is 56.2 Å². The van der Waals surface area contributed by atoms with E-state index in [1.807, 2.05) is 0 Å². The molecule has 0 bridgehead atoms. The molecule has 0 aliphatic heterocycles. The van der Waals surface area contributed by atoms with Gasteiger partial charge in [0, 0.05) is 0 Å². The van der Waals surface area contributed by atoms with Crippen LogP contribution < -0.4 is 5.32 Å². The minimum atomic E-state index is 1.11. The highest BCUT2D eigenvalue weighted by Crippen LogP contribution is 2.07. The highest BCUT2D eigenvalue weighted by molar-refractivity contribution is 5.25. The molecule has 0 radical (unpaired) electrons. The molecule has 0 spiro atoms. The summed E-state index contributed by atoms with van der Waals surface area (Å²) < 4.78 is 0. The highest BCUT2D eigenvalue weighted by atomic mass is 14.8. The molecular weight excluding hydrogens is 218 g/mol. The Morgan fingerprint density at radius 2 is 1.61 bits per heavy atom. The molecule has 0 heterocycles. The third-order valence-electron chi connectivity index (χ3n) is 3.54. The standard InChI is InChI=1S/C17H29N/c1-3-4-5-6-7-10-14-18-15-13-17-12-9-8-11-16(17)2/h8-9,11-12,18H,3-7,10,13-15H2,1-2H3. The molecule has 1 heteroatoms. The number of unbranched alkanes of at least 4 members (excludes halogenated alkanes) is 5. The summed E-state index contributed by atoms with van der Waals surface area (Å²) in [4.78, 5) is 0. The fourth-order valence-corrected chi connectivity index (χ4v) is 2.27. The minimum Gasteiger partial charge on any atom is -0.316 e. The molecule has 0 amide bonds. The summed E-state index contributed by atoms with van der Waals surface area (Å²) in [5.74, 6) is 0. The SMILES string of the molecule is CCCCCCCCNCCc1ccccc1C. The average molecular weight is 247 g/mol. The van der Waals surface area contributed by atoms with E-state index in [4.69, 9.17) is 0 Å². The number of hydrogen-bond acceptors (Lipinski definition) is 1. The first-order valence-corrected chi connectivity index (χ1v) is 7.60. The molecule has 0 atom stereocenters. The highest BCUT2D eigenvalue weighted by Gasteiger charge is 1.96. The molecule has 102 valence electrons. The van der Waals surface area contributed by atoms with Crippen molar-refractivity contribution in [1.29, 1.82) is 0 Å². The van der Waals surface area contributed by atoms with Crippen LogP contribution in [0.25, 0.3) is 0 Å². The molecule has 18 heavy (non-hydrogen) atoms. The molecule has 1 nitrogen and oxygen atoms in total. The van der Waals surface area contributed by atoms with Crippen molar-refractivity contribution in [2.45, 2.75) is 58.8 Å². The Kier molecular flexibility index (Phi) is 8.58. The molecule has 0 saturated heterocycles. The van der Waals surface area contributed by atoms with Gasteiger partial charge >= 0.3 is 0 Å². The normalized spacial score (nSPS) is 10.8. The van der Waals surface area contributed by atoms with Crippen LogP contribution in [-0.4, -0.2) is 13.1 Å². The van der Waals surface area contributed by atoms with Crippen molar-refractivity contribution in [2.75, 3.05) is 13.1 Å².